The van der Waals surface area contributed by atoms with Crippen molar-refractivity contribution in [3.63, 3.8) is 0 Å². The standard InChI is InChI=1S/C30H31Cl2N5O3/c1-33-30(39)28(6-3-13-38)37-18-23-15-21(7-8-22(23)19-40-37)25-14-20(17-36-12-11-35-29(25)36)16-34-10-9-24-26(31)4-2-5-27(24)32/h2,4-5,7-8,11-15,17,28,34H,3,6,9-10,16,18-19H2,1H3,(H,33,39). The van der Waals surface area contributed by atoms with Crippen LogP contribution < -0.4 is 10.6 Å². The Kier molecular flexibility index (Phi) is 9.14. The van der Waals surface area contributed by atoms with Gasteiger partial charge in [0.25, 0.3) is 0 Å². The number of aldehydes is 1. The van der Waals surface area contributed by atoms with Crippen LogP contribution in [0.3, 0.4) is 0 Å². The van der Waals surface area contributed by atoms with Crippen molar-refractivity contribution in [2.75, 3.05) is 13.6 Å². The van der Waals surface area contributed by atoms with Crippen LogP contribution in [0.4, 0.5) is 0 Å². The minimum Gasteiger partial charge on any atom is -0.358 e. The predicted molar refractivity (Wildman–Crippen MR) is 156 cm³/mol. The van der Waals surface area contributed by atoms with Crippen LogP contribution in [-0.4, -0.2) is 46.3 Å². The van der Waals surface area contributed by atoms with Crippen LogP contribution in [0.2, 0.25) is 10.0 Å². The Labute approximate surface area is 243 Å². The molecule has 208 valence electrons. The molecule has 4 aromatic rings. The molecular weight excluding hydrogens is 549 g/mol. The molecular formula is C30H31Cl2N5O3. The summed E-state index contributed by atoms with van der Waals surface area (Å²) in [6.07, 6.45) is 8.06. The molecule has 0 saturated heterocycles. The molecule has 10 heteroatoms. The van der Waals surface area contributed by atoms with Crippen LogP contribution in [0.5, 0.6) is 0 Å². The highest BCUT2D eigenvalue weighted by Crippen LogP contribution is 2.31. The summed E-state index contributed by atoms with van der Waals surface area (Å²) in [5, 5.41) is 9.23. The number of rotatable bonds is 11. The number of amides is 1. The monoisotopic (exact) mass is 579 g/mol. The van der Waals surface area contributed by atoms with Crippen LogP contribution in [0.15, 0.2) is 61.1 Å². The van der Waals surface area contributed by atoms with E-state index in [1.807, 2.05) is 28.8 Å². The molecule has 0 saturated carbocycles. The van der Waals surface area contributed by atoms with Crippen molar-refractivity contribution >= 4 is 41.0 Å². The van der Waals surface area contributed by atoms with E-state index in [1.165, 1.54) is 0 Å². The molecule has 0 fully saturated rings. The van der Waals surface area contributed by atoms with Crippen LogP contribution >= 0.6 is 23.2 Å². The van der Waals surface area contributed by atoms with E-state index in [1.54, 1.807) is 18.3 Å². The van der Waals surface area contributed by atoms with Gasteiger partial charge in [-0.2, -0.15) is 5.06 Å². The molecule has 1 amide bonds. The molecule has 0 aliphatic carbocycles. The maximum atomic E-state index is 12.5. The first-order valence-corrected chi connectivity index (χ1v) is 14.0. The zero-order chi connectivity index (χ0) is 28.1. The average Bonchev–Trinajstić information content (AvgIpc) is 3.44. The van der Waals surface area contributed by atoms with Crippen molar-refractivity contribution in [3.05, 3.63) is 93.4 Å². The number of imidazole rings is 1. The number of benzene rings is 2. The third-order valence-electron chi connectivity index (χ3n) is 7.17. The van der Waals surface area contributed by atoms with Crippen molar-refractivity contribution in [1.29, 1.82) is 0 Å². The molecule has 1 aliphatic rings. The molecule has 2 N–H and O–H groups in total. The van der Waals surface area contributed by atoms with E-state index >= 15 is 0 Å². The van der Waals surface area contributed by atoms with E-state index < -0.39 is 6.04 Å². The average molecular weight is 581 g/mol. The van der Waals surface area contributed by atoms with Gasteiger partial charge in [-0.1, -0.05) is 41.4 Å². The van der Waals surface area contributed by atoms with Crippen molar-refractivity contribution in [2.45, 2.75) is 45.0 Å². The minimum atomic E-state index is -0.541. The number of aromatic nitrogens is 2. The number of hydroxylamine groups is 2. The lowest BCUT2D eigenvalue weighted by Crippen LogP contribution is -2.46. The van der Waals surface area contributed by atoms with E-state index in [0.29, 0.717) is 36.2 Å². The number of carbonyl (C=O) groups excluding carboxylic acids is 2. The van der Waals surface area contributed by atoms with E-state index in [9.17, 15) is 9.59 Å². The molecule has 3 heterocycles. The lowest BCUT2D eigenvalue weighted by molar-refractivity contribution is -0.214. The van der Waals surface area contributed by atoms with E-state index in [0.717, 1.165) is 58.3 Å². The van der Waals surface area contributed by atoms with Gasteiger partial charge in [0, 0.05) is 54.2 Å². The van der Waals surface area contributed by atoms with Gasteiger partial charge in [-0.05, 0) is 71.5 Å². The highest BCUT2D eigenvalue weighted by atomic mass is 35.5. The van der Waals surface area contributed by atoms with Crippen molar-refractivity contribution in [3.8, 4) is 11.1 Å². The van der Waals surface area contributed by atoms with E-state index in [-0.39, 0.29) is 12.3 Å². The third kappa shape index (κ3) is 6.22. The number of likely N-dealkylation sites (N-methyl/N-ethyl adjacent to an activating group) is 1. The molecule has 5 rings (SSSR count). The zero-order valence-electron chi connectivity index (χ0n) is 22.2. The van der Waals surface area contributed by atoms with Crippen molar-refractivity contribution in [1.82, 2.24) is 25.1 Å². The smallest absolute Gasteiger partial charge is 0.239 e. The van der Waals surface area contributed by atoms with E-state index in [4.69, 9.17) is 28.0 Å². The Hall–Kier alpha value is -3.27. The number of nitrogens with zero attached hydrogens (tertiary/aromatic N) is 3. The van der Waals surface area contributed by atoms with Gasteiger partial charge < -0.3 is 19.8 Å². The van der Waals surface area contributed by atoms with Crippen LogP contribution in [0.1, 0.15) is 35.1 Å². The molecule has 1 aliphatic heterocycles. The van der Waals surface area contributed by atoms with Crippen LogP contribution in [-0.2, 0) is 40.5 Å². The SMILES string of the molecule is CNC(=O)C(CCC=O)N1Cc2cc(-c3cc(CNCCc4c(Cl)cccc4Cl)cn4ccnc34)ccc2CO1. The van der Waals surface area contributed by atoms with Gasteiger partial charge in [0.05, 0.1) is 13.2 Å². The van der Waals surface area contributed by atoms with Gasteiger partial charge >= 0.3 is 0 Å². The summed E-state index contributed by atoms with van der Waals surface area (Å²) in [6.45, 7) is 2.20. The summed E-state index contributed by atoms with van der Waals surface area (Å²) < 4.78 is 2.03. The van der Waals surface area contributed by atoms with Crippen LogP contribution in [0, 0.1) is 0 Å². The number of halogens is 2. The minimum absolute atomic E-state index is 0.169. The first-order valence-electron chi connectivity index (χ1n) is 13.2. The molecule has 2 aromatic carbocycles. The van der Waals surface area contributed by atoms with Gasteiger partial charge in [-0.3, -0.25) is 9.63 Å². The Balaban J connectivity index is 1.35. The maximum Gasteiger partial charge on any atom is 0.239 e. The lowest BCUT2D eigenvalue weighted by atomic mass is 9.97. The predicted octanol–water partition coefficient (Wildman–Crippen LogP) is 4.98. The fraction of sp³-hybridized carbons (Fsp3) is 0.300. The number of carbonyl (C=O) groups is 2. The normalized spacial score (nSPS) is 14.2. The Morgan fingerprint density at radius 3 is 2.77 bits per heavy atom. The van der Waals surface area contributed by atoms with Gasteiger partial charge in [0.2, 0.25) is 5.91 Å². The molecule has 40 heavy (non-hydrogen) atoms. The third-order valence-corrected chi connectivity index (χ3v) is 7.88. The fourth-order valence-electron chi connectivity index (χ4n) is 5.06. The van der Waals surface area contributed by atoms with Gasteiger partial charge in [0.1, 0.15) is 18.0 Å². The summed E-state index contributed by atoms with van der Waals surface area (Å²) in [5.41, 5.74) is 7.12. The summed E-state index contributed by atoms with van der Waals surface area (Å²) in [5.74, 6) is -0.169. The van der Waals surface area contributed by atoms with Crippen molar-refractivity contribution in [2.24, 2.45) is 0 Å². The second kappa shape index (κ2) is 12.9. The van der Waals surface area contributed by atoms with Gasteiger partial charge in [0.15, 0.2) is 0 Å². The second-order valence-corrected chi connectivity index (χ2v) is 10.6. The first-order chi connectivity index (χ1) is 19.5. The molecule has 0 spiro atoms. The second-order valence-electron chi connectivity index (χ2n) is 9.75. The first kappa shape index (κ1) is 28.3. The highest BCUT2D eigenvalue weighted by molar-refractivity contribution is 6.36. The Morgan fingerprint density at radius 1 is 1.18 bits per heavy atom. The Morgan fingerprint density at radius 2 is 2.00 bits per heavy atom. The van der Waals surface area contributed by atoms with E-state index in [2.05, 4.69) is 46.1 Å². The molecule has 1 atom stereocenters. The maximum absolute atomic E-state index is 12.5. The largest absolute Gasteiger partial charge is 0.358 e. The summed E-state index contributed by atoms with van der Waals surface area (Å²) in [4.78, 5) is 34.0. The highest BCUT2D eigenvalue weighted by Gasteiger charge is 2.29. The van der Waals surface area contributed by atoms with Gasteiger partial charge in [-0.25, -0.2) is 4.98 Å². The summed E-state index contributed by atoms with van der Waals surface area (Å²) in [6, 6.07) is 13.5. The summed E-state index contributed by atoms with van der Waals surface area (Å²) in [7, 11) is 1.59. The Bertz CT molecular complexity index is 1500. The number of fused-ring (bicyclic) bond motifs is 2. The molecule has 2 aromatic heterocycles. The topological polar surface area (TPSA) is 88.0 Å². The molecule has 0 radical (unpaired) electrons. The number of hydrogen-bond acceptors (Lipinski definition) is 6. The quantitative estimate of drug-likeness (QED) is 0.192. The number of nitrogens with one attached hydrogen (secondary N) is 2. The molecule has 0 bridgehead atoms. The lowest BCUT2D eigenvalue weighted by Gasteiger charge is -2.33. The molecule has 1 unspecified atom stereocenters. The molecule has 8 nitrogen and oxygen atoms in total. The summed E-state index contributed by atoms with van der Waals surface area (Å²) >= 11 is 12.6. The zero-order valence-corrected chi connectivity index (χ0v) is 23.7. The fourth-order valence-corrected chi connectivity index (χ4v) is 5.65. The van der Waals surface area contributed by atoms with Gasteiger partial charge in [-0.15, -0.1) is 0 Å². The van der Waals surface area contributed by atoms with Crippen molar-refractivity contribution < 1.29 is 14.4 Å². The number of hydrogen-bond donors (Lipinski definition) is 2. The van der Waals surface area contributed by atoms with Crippen LogP contribution in [0.25, 0.3) is 16.8 Å². The number of pyridine rings is 1.